The Morgan fingerprint density at radius 1 is 1.07 bits per heavy atom. The maximum Gasteiger partial charge on any atom is 0.360 e. The monoisotopic (exact) mass is 578 g/mol. The van der Waals surface area contributed by atoms with Crippen LogP contribution in [0.1, 0.15) is 33.0 Å². The number of hydrogen-bond acceptors (Lipinski definition) is 10. The van der Waals surface area contributed by atoms with Crippen LogP contribution in [0, 0.1) is 46.7 Å². The number of halogens is 2. The van der Waals surface area contributed by atoms with Crippen LogP contribution in [0.3, 0.4) is 0 Å². The van der Waals surface area contributed by atoms with Crippen LogP contribution in [-0.4, -0.2) is 42.0 Å². The Morgan fingerprint density at radius 3 is 2.40 bits per heavy atom. The second kappa shape index (κ2) is 7.19. The van der Waals surface area contributed by atoms with Crippen LogP contribution in [0.4, 0.5) is 4.39 Å². The summed E-state index contributed by atoms with van der Waals surface area (Å²) in [6.45, 7) is 0. The van der Waals surface area contributed by atoms with E-state index in [1.807, 2.05) is 5.38 Å². The highest BCUT2D eigenvalue weighted by Crippen LogP contribution is 3.10. The molecule has 7 aliphatic rings. The summed E-state index contributed by atoms with van der Waals surface area (Å²) < 4.78 is 29.9. The summed E-state index contributed by atoms with van der Waals surface area (Å²) in [6.07, 6.45) is 3.09. The van der Waals surface area contributed by atoms with Crippen LogP contribution < -0.4 is 5.32 Å². The fraction of sp³-hybridized carbons (Fsp3) is 0.393. The van der Waals surface area contributed by atoms with Gasteiger partial charge in [0.1, 0.15) is 18.1 Å². The summed E-state index contributed by atoms with van der Waals surface area (Å²) in [5.41, 5.74) is 1.62. The largest absolute Gasteiger partial charge is 0.466 e. The van der Waals surface area contributed by atoms with Gasteiger partial charge < -0.3 is 19.2 Å². The van der Waals surface area contributed by atoms with E-state index in [4.69, 9.17) is 30.5 Å². The lowest BCUT2D eigenvalue weighted by Crippen LogP contribution is -3.11. The second-order valence-corrected chi connectivity index (χ2v) is 12.6. The standard InChI is InChI=1S/C28H20ClFN4O5S/c1-37-24(35)12-8-39-26(32-12)28-17-14-18(28)16-19(28)15(17)27(14,16)21-13(25(36)38-2)20(10-4-3-9(30)7-11(10)29)33-22(34-21)23-31-5-6-40-23/h3-8,14-20H,1-2H3,(H,33,34)/t14?,15?,16?,17?,18?,19?,20-,27?,28?/m0/s1. The molecular weight excluding hydrogens is 559 g/mol. The lowest BCUT2D eigenvalue weighted by molar-refractivity contribution is -0.621. The molecule has 1 atom stereocenters. The SMILES string of the molecule is COC(=O)C1=C(C23C4C5C2C2C3C4C52c2nc(C(=O)OC)co2)NC(c2nccs2)=N[C@H]1c1ccc(F)cc1Cl. The van der Waals surface area contributed by atoms with Crippen molar-refractivity contribution in [2.45, 2.75) is 11.5 Å². The summed E-state index contributed by atoms with van der Waals surface area (Å²) in [5.74, 6) is 1.89. The van der Waals surface area contributed by atoms with Gasteiger partial charge in [-0.15, -0.1) is 11.3 Å². The Balaban J connectivity index is 1.14. The van der Waals surface area contributed by atoms with Gasteiger partial charge in [0.25, 0.3) is 0 Å². The van der Waals surface area contributed by atoms with Gasteiger partial charge in [-0.05, 0) is 47.6 Å². The number of esters is 2. The Morgan fingerprint density at radius 2 is 1.77 bits per heavy atom. The highest BCUT2D eigenvalue weighted by molar-refractivity contribution is 7.11. The summed E-state index contributed by atoms with van der Waals surface area (Å²) in [5, 5.41) is 6.27. The van der Waals surface area contributed by atoms with Crippen LogP contribution in [0.15, 0.2) is 56.7 Å². The van der Waals surface area contributed by atoms with Gasteiger partial charge in [0.15, 0.2) is 16.5 Å². The maximum atomic E-state index is 14.0. The average molecular weight is 579 g/mol. The van der Waals surface area contributed by atoms with Crippen molar-refractivity contribution in [3.05, 3.63) is 80.3 Å². The number of nitrogens with one attached hydrogen (secondary N) is 1. The molecular formula is C28H20ClFN4O5S. The molecule has 6 fully saturated rings. The van der Waals surface area contributed by atoms with Crippen LogP contribution in [0.25, 0.3) is 0 Å². The summed E-state index contributed by atoms with van der Waals surface area (Å²) in [7, 11) is 2.68. The van der Waals surface area contributed by atoms with E-state index in [9.17, 15) is 14.0 Å². The number of nitrogens with zero attached hydrogens (tertiary/aromatic N) is 3. The van der Waals surface area contributed by atoms with Gasteiger partial charge in [0.05, 0.1) is 25.2 Å². The predicted octanol–water partition coefficient (Wildman–Crippen LogP) is 3.92. The fourth-order valence-electron chi connectivity index (χ4n) is 9.74. The molecule has 12 heteroatoms. The Labute approximate surface area is 235 Å². The van der Waals surface area contributed by atoms with E-state index in [0.29, 0.717) is 63.4 Å². The van der Waals surface area contributed by atoms with Crippen LogP contribution >= 0.6 is 22.9 Å². The summed E-state index contributed by atoms with van der Waals surface area (Å²) in [6, 6.07) is 3.36. The molecule has 0 amide bonds. The van der Waals surface area contributed by atoms with E-state index < -0.39 is 23.8 Å². The highest BCUT2D eigenvalue weighted by atomic mass is 35.5. The Kier molecular flexibility index (Phi) is 4.16. The first-order valence-corrected chi connectivity index (χ1v) is 14.2. The average Bonchev–Trinajstić information content (AvgIpc) is 3.69. The minimum Gasteiger partial charge on any atom is -0.466 e. The molecule has 0 spiro atoms. The zero-order valence-electron chi connectivity index (χ0n) is 21.1. The lowest BCUT2D eigenvalue weighted by Gasteiger charge is -3.10. The van der Waals surface area contributed by atoms with E-state index in [1.165, 1.54) is 44.0 Å². The van der Waals surface area contributed by atoms with E-state index in [2.05, 4.69) is 15.3 Å². The van der Waals surface area contributed by atoms with E-state index in [-0.39, 0.29) is 21.5 Å². The van der Waals surface area contributed by atoms with Gasteiger partial charge in [-0.2, -0.15) is 0 Å². The third kappa shape index (κ3) is 2.16. The first-order chi connectivity index (χ1) is 19.4. The molecule has 1 aromatic carbocycles. The number of aliphatic imine (C=N–C) groups is 1. The number of rotatable bonds is 6. The number of aromatic nitrogens is 2. The van der Waals surface area contributed by atoms with E-state index in [0.717, 1.165) is 5.70 Å². The zero-order chi connectivity index (χ0) is 27.3. The lowest BCUT2D eigenvalue weighted by atomic mass is 8.92. The number of methoxy groups -OCH3 is 2. The number of allylic oxidation sites excluding steroid dienone is 1. The van der Waals surface area contributed by atoms with Gasteiger partial charge in [0, 0.05) is 33.3 Å². The zero-order valence-corrected chi connectivity index (χ0v) is 22.6. The van der Waals surface area contributed by atoms with Gasteiger partial charge >= 0.3 is 11.9 Å². The molecule has 1 N–H and O–H groups in total. The fourth-order valence-corrected chi connectivity index (χ4v) is 10.6. The first-order valence-electron chi connectivity index (χ1n) is 13.0. The van der Waals surface area contributed by atoms with Crippen LogP contribution in [-0.2, 0) is 19.7 Å². The maximum absolute atomic E-state index is 14.0. The van der Waals surface area contributed by atoms with Gasteiger partial charge in [0.2, 0.25) is 5.89 Å². The number of thiazole rings is 1. The molecule has 1 aliphatic heterocycles. The number of ether oxygens (including phenoxy) is 2. The van der Waals surface area contributed by atoms with Crippen molar-refractivity contribution in [3.8, 4) is 0 Å². The quantitative estimate of drug-likeness (QED) is 0.438. The van der Waals surface area contributed by atoms with Gasteiger partial charge in [-0.3, -0.25) is 4.99 Å². The number of benzene rings is 1. The van der Waals surface area contributed by atoms with Crippen molar-refractivity contribution < 1.29 is 27.9 Å². The van der Waals surface area contributed by atoms with E-state index in [1.54, 1.807) is 12.3 Å². The number of oxazole rings is 1. The molecule has 0 unspecified atom stereocenters. The van der Waals surface area contributed by atoms with Gasteiger partial charge in [-0.1, -0.05) is 17.7 Å². The number of hydrogen-bond donors (Lipinski definition) is 1. The Hall–Kier alpha value is -3.57. The van der Waals surface area contributed by atoms with Crippen molar-refractivity contribution in [3.63, 3.8) is 0 Å². The molecule has 10 rings (SSSR count). The molecule has 0 bridgehead atoms. The number of carbonyl (C=O) groups excluding carboxylic acids is 2. The number of amidine groups is 1. The number of carbonyl (C=O) groups is 2. The van der Waals surface area contributed by atoms with E-state index >= 15 is 0 Å². The molecule has 0 radical (unpaired) electrons. The summed E-state index contributed by atoms with van der Waals surface area (Å²) in [4.78, 5) is 39.3. The minimum absolute atomic E-state index is 0.124. The van der Waals surface area contributed by atoms with Crippen molar-refractivity contribution >= 4 is 40.7 Å². The van der Waals surface area contributed by atoms with Crippen LogP contribution in [0.2, 0.25) is 5.02 Å². The molecule has 2 aromatic heterocycles. The molecule has 6 aliphatic carbocycles. The smallest absolute Gasteiger partial charge is 0.360 e. The van der Waals surface area contributed by atoms with Crippen molar-refractivity contribution in [2.75, 3.05) is 14.2 Å². The third-order valence-corrected chi connectivity index (χ3v) is 11.8. The molecule has 3 heterocycles. The molecule has 6 saturated carbocycles. The first kappa shape index (κ1) is 23.2. The van der Waals surface area contributed by atoms with Crippen molar-refractivity contribution in [1.29, 1.82) is 0 Å². The molecule has 3 aromatic rings. The highest BCUT2D eigenvalue weighted by Gasteiger charge is 3.11. The molecule has 202 valence electrons. The van der Waals surface area contributed by atoms with Crippen LogP contribution in [0.5, 0.6) is 0 Å². The van der Waals surface area contributed by atoms with Crippen molar-refractivity contribution in [2.24, 2.45) is 45.9 Å². The summed E-state index contributed by atoms with van der Waals surface area (Å²) >= 11 is 7.97. The second-order valence-electron chi connectivity index (χ2n) is 11.3. The molecule has 9 nitrogen and oxygen atoms in total. The topological polar surface area (TPSA) is 116 Å². The minimum atomic E-state index is -0.778. The molecule has 40 heavy (non-hydrogen) atoms. The molecule has 0 saturated heterocycles. The normalized spacial score (nSPS) is 38.4. The third-order valence-electron chi connectivity index (χ3n) is 10.7. The predicted molar refractivity (Wildman–Crippen MR) is 138 cm³/mol. The van der Waals surface area contributed by atoms with Gasteiger partial charge in [-0.25, -0.2) is 23.9 Å². The van der Waals surface area contributed by atoms with Crippen molar-refractivity contribution in [1.82, 2.24) is 15.3 Å². The Bertz CT molecular complexity index is 1690.